The molecule has 0 unspecified atom stereocenters. The van der Waals surface area contributed by atoms with Gasteiger partial charge >= 0.3 is 0 Å². The fourth-order valence-electron chi connectivity index (χ4n) is 2.75. The van der Waals surface area contributed by atoms with Crippen LogP contribution < -0.4 is 0 Å². The Labute approximate surface area is 149 Å². The molecular weight excluding hydrogens is 324 g/mol. The molecule has 0 amide bonds. The third-order valence-electron chi connectivity index (χ3n) is 3.93. The summed E-state index contributed by atoms with van der Waals surface area (Å²) in [6, 6.07) is 23.4. The van der Waals surface area contributed by atoms with Gasteiger partial charge in [0.15, 0.2) is 0 Å². The highest BCUT2D eigenvalue weighted by Crippen LogP contribution is 2.30. The van der Waals surface area contributed by atoms with Gasteiger partial charge in [-0.05, 0) is 38.7 Å². The number of rotatable bonds is 4. The lowest BCUT2D eigenvalue weighted by Gasteiger charge is -2.19. The van der Waals surface area contributed by atoms with E-state index in [2.05, 4.69) is 103 Å². The lowest BCUT2D eigenvalue weighted by atomic mass is 9.98. The minimum absolute atomic E-state index is 1.18. The van der Waals surface area contributed by atoms with Crippen molar-refractivity contribution in [2.45, 2.75) is 19.6 Å². The predicted octanol–water partition coefficient (Wildman–Crippen LogP) is 6.74. The average Bonchev–Trinajstić information content (AvgIpc) is 3.10. The van der Waals surface area contributed by atoms with Crippen LogP contribution in [0.4, 0.5) is 0 Å². The molecule has 0 nitrogen and oxygen atoms in total. The quantitative estimate of drug-likeness (QED) is 0.362. The Morgan fingerprint density at radius 3 is 1.71 bits per heavy atom. The second-order valence-corrected chi connectivity index (χ2v) is 12.6. The maximum atomic E-state index is 3.83. The van der Waals surface area contributed by atoms with Crippen LogP contribution in [0.15, 0.2) is 83.2 Å². The normalized spacial score (nSPS) is 11.0. The lowest BCUT2D eigenvalue weighted by molar-refractivity contribution is 1.55. The summed E-state index contributed by atoms with van der Waals surface area (Å²) in [5, 5.41) is 5.78. The summed E-state index contributed by atoms with van der Waals surface area (Å²) in [6.45, 7) is 7.17. The van der Waals surface area contributed by atoms with Gasteiger partial charge in [0.05, 0.1) is 8.07 Å². The molecule has 1 aromatic heterocycles. The second kappa shape index (κ2) is 7.19. The highest BCUT2D eigenvalue weighted by atomic mass is 32.1. The van der Waals surface area contributed by atoms with Crippen LogP contribution in [-0.2, 0) is 0 Å². The van der Waals surface area contributed by atoms with E-state index in [-0.39, 0.29) is 0 Å². The topological polar surface area (TPSA) is 0 Å². The van der Waals surface area contributed by atoms with Gasteiger partial charge in [-0.15, -0.1) is 5.73 Å². The summed E-state index contributed by atoms with van der Waals surface area (Å²) in [7, 11) is -1.53. The van der Waals surface area contributed by atoms with E-state index in [1.54, 1.807) is 11.3 Å². The minimum Gasteiger partial charge on any atom is -0.152 e. The monoisotopic (exact) mass is 346 g/mol. The number of hydrogen-bond donors (Lipinski definition) is 0. The molecule has 0 aliphatic carbocycles. The first-order chi connectivity index (χ1) is 11.6. The molecular formula is C22H22SSi. The van der Waals surface area contributed by atoms with Crippen LogP contribution in [0.2, 0.25) is 19.6 Å². The molecule has 2 aromatic carbocycles. The van der Waals surface area contributed by atoms with Gasteiger partial charge < -0.3 is 0 Å². The Morgan fingerprint density at radius 2 is 1.29 bits per heavy atom. The van der Waals surface area contributed by atoms with Gasteiger partial charge in [-0.1, -0.05) is 80.3 Å². The molecule has 0 fully saturated rings. The average molecular weight is 347 g/mol. The van der Waals surface area contributed by atoms with Crippen LogP contribution in [0.3, 0.4) is 0 Å². The van der Waals surface area contributed by atoms with Crippen LogP contribution in [0.5, 0.6) is 0 Å². The molecule has 24 heavy (non-hydrogen) atoms. The van der Waals surface area contributed by atoms with Crippen molar-refractivity contribution in [1.82, 2.24) is 0 Å². The van der Waals surface area contributed by atoms with Gasteiger partial charge in [-0.2, -0.15) is 11.3 Å². The zero-order valence-electron chi connectivity index (χ0n) is 14.4. The van der Waals surface area contributed by atoms with E-state index in [1.165, 1.54) is 27.5 Å². The molecule has 0 aliphatic rings. The Hall–Kier alpha value is -2.12. The zero-order chi connectivity index (χ0) is 17.0. The van der Waals surface area contributed by atoms with Crippen molar-refractivity contribution in [3.63, 3.8) is 0 Å². The molecule has 3 aromatic rings. The summed E-state index contributed by atoms with van der Waals surface area (Å²) >= 11 is 1.75. The molecule has 3 rings (SSSR count). The molecule has 0 N–H and O–H groups in total. The van der Waals surface area contributed by atoms with E-state index >= 15 is 0 Å². The first-order valence-electron chi connectivity index (χ1n) is 8.20. The fraction of sp³-hybridized carbons (Fsp3) is 0.136. The van der Waals surface area contributed by atoms with E-state index in [1.807, 2.05) is 0 Å². The third-order valence-corrected chi connectivity index (χ3v) is 6.53. The van der Waals surface area contributed by atoms with Gasteiger partial charge in [0.1, 0.15) is 0 Å². The van der Waals surface area contributed by atoms with E-state index in [0.29, 0.717) is 0 Å². The number of benzene rings is 2. The Morgan fingerprint density at radius 1 is 0.750 bits per heavy atom. The predicted molar refractivity (Wildman–Crippen MR) is 110 cm³/mol. The van der Waals surface area contributed by atoms with Crippen molar-refractivity contribution < 1.29 is 0 Å². The maximum absolute atomic E-state index is 3.83. The summed E-state index contributed by atoms with van der Waals surface area (Å²) in [5.74, 6) is 0. The highest BCUT2D eigenvalue weighted by molar-refractivity contribution is 7.08. The van der Waals surface area contributed by atoms with Gasteiger partial charge in [0, 0.05) is 5.57 Å². The number of thiophene rings is 1. The van der Waals surface area contributed by atoms with Crippen molar-refractivity contribution in [3.8, 4) is 0 Å². The third kappa shape index (κ3) is 3.85. The van der Waals surface area contributed by atoms with Crippen molar-refractivity contribution >= 4 is 30.2 Å². The molecule has 0 bridgehead atoms. The minimum atomic E-state index is -1.53. The molecule has 1 heterocycles. The maximum Gasteiger partial charge on any atom is 0.0884 e. The molecule has 0 saturated carbocycles. The Bertz CT molecular complexity index is 806. The summed E-state index contributed by atoms with van der Waals surface area (Å²) in [6.07, 6.45) is 0. The van der Waals surface area contributed by atoms with Crippen molar-refractivity contribution in [2.24, 2.45) is 0 Å². The van der Waals surface area contributed by atoms with Crippen molar-refractivity contribution in [3.05, 3.63) is 99.9 Å². The van der Waals surface area contributed by atoms with E-state index < -0.39 is 8.07 Å². The van der Waals surface area contributed by atoms with Gasteiger partial charge in [0.2, 0.25) is 0 Å². The van der Waals surface area contributed by atoms with E-state index in [4.69, 9.17) is 0 Å². The molecule has 0 saturated heterocycles. The van der Waals surface area contributed by atoms with Crippen LogP contribution in [0.25, 0.3) is 10.8 Å². The Kier molecular flexibility index (Phi) is 5.01. The lowest BCUT2D eigenvalue weighted by Crippen LogP contribution is -2.22. The van der Waals surface area contributed by atoms with Crippen LogP contribution in [-0.4, -0.2) is 8.07 Å². The number of hydrogen-bond acceptors (Lipinski definition) is 1. The van der Waals surface area contributed by atoms with Gasteiger partial charge in [-0.3, -0.25) is 0 Å². The van der Waals surface area contributed by atoms with Crippen LogP contribution in [0.1, 0.15) is 16.7 Å². The van der Waals surface area contributed by atoms with Gasteiger partial charge in [-0.25, -0.2) is 0 Å². The summed E-state index contributed by atoms with van der Waals surface area (Å²) < 4.78 is 0. The Balaban J connectivity index is 2.33. The van der Waals surface area contributed by atoms with Gasteiger partial charge in [0.25, 0.3) is 0 Å². The molecule has 2 heteroatoms. The fourth-order valence-corrected chi connectivity index (χ4v) is 5.02. The smallest absolute Gasteiger partial charge is 0.0884 e. The first kappa shape index (κ1) is 16.7. The SMILES string of the molecule is C[Si](C)(C)C(=C=C(c1ccccc1)c1ccccc1)c1ccsc1. The zero-order valence-corrected chi connectivity index (χ0v) is 16.2. The van der Waals surface area contributed by atoms with Crippen LogP contribution >= 0.6 is 11.3 Å². The molecule has 0 radical (unpaired) electrons. The molecule has 0 aliphatic heterocycles. The van der Waals surface area contributed by atoms with Crippen molar-refractivity contribution in [1.29, 1.82) is 0 Å². The van der Waals surface area contributed by atoms with Crippen molar-refractivity contribution in [2.75, 3.05) is 0 Å². The van der Waals surface area contributed by atoms with E-state index in [9.17, 15) is 0 Å². The largest absolute Gasteiger partial charge is 0.152 e. The van der Waals surface area contributed by atoms with E-state index in [0.717, 1.165) is 0 Å². The second-order valence-electron chi connectivity index (χ2n) is 6.87. The first-order valence-corrected chi connectivity index (χ1v) is 12.6. The summed E-state index contributed by atoms with van der Waals surface area (Å²) in [4.78, 5) is 0. The van der Waals surface area contributed by atoms with Crippen LogP contribution in [0, 0.1) is 0 Å². The summed E-state index contributed by atoms with van der Waals surface area (Å²) in [5.41, 5.74) is 8.77. The highest BCUT2D eigenvalue weighted by Gasteiger charge is 2.22. The molecule has 0 atom stereocenters. The standard InChI is InChI=1S/C22H22SSi/c1-24(2,3)22(20-14-15-23-17-20)16-21(18-10-6-4-7-11-18)19-12-8-5-9-13-19/h4-15,17H,1-3H3. The molecule has 120 valence electrons. The molecule has 0 spiro atoms.